The lowest BCUT2D eigenvalue weighted by Crippen LogP contribution is -2.29. The van der Waals surface area contributed by atoms with Crippen LogP contribution in [0.25, 0.3) is 0 Å². The van der Waals surface area contributed by atoms with Crippen molar-refractivity contribution in [3.63, 3.8) is 0 Å². The van der Waals surface area contributed by atoms with Crippen molar-refractivity contribution in [2.45, 2.75) is 20.4 Å². The third kappa shape index (κ3) is 5.84. The first kappa shape index (κ1) is 24.1. The number of anilines is 2. The number of benzene rings is 3. The van der Waals surface area contributed by atoms with Crippen LogP contribution in [0.15, 0.2) is 60.7 Å². The Morgan fingerprint density at radius 1 is 0.879 bits per heavy atom. The van der Waals surface area contributed by atoms with Gasteiger partial charge in [-0.15, -0.1) is 0 Å². The van der Waals surface area contributed by atoms with Crippen LogP contribution in [-0.4, -0.2) is 34.8 Å². The summed E-state index contributed by atoms with van der Waals surface area (Å²) < 4.78 is 36.7. The summed E-state index contributed by atoms with van der Waals surface area (Å²) in [4.78, 5) is 12.7. The quantitative estimate of drug-likeness (QED) is 0.525. The number of rotatable bonds is 8. The van der Waals surface area contributed by atoms with E-state index in [0.29, 0.717) is 28.4 Å². The lowest BCUT2D eigenvalue weighted by molar-refractivity contribution is 0.102. The molecule has 0 saturated carbocycles. The van der Waals surface area contributed by atoms with Gasteiger partial charge in [-0.25, -0.2) is 8.42 Å². The molecule has 0 heterocycles. The summed E-state index contributed by atoms with van der Waals surface area (Å²) in [6.45, 7) is 4.10. The van der Waals surface area contributed by atoms with Gasteiger partial charge in [0.15, 0.2) is 11.5 Å². The highest BCUT2D eigenvalue weighted by atomic mass is 32.2. The fourth-order valence-corrected chi connectivity index (χ4v) is 4.21. The first-order chi connectivity index (χ1) is 15.6. The summed E-state index contributed by atoms with van der Waals surface area (Å²) in [7, 11) is -0.422. The fraction of sp³-hybridized carbons (Fsp3) is 0.240. The smallest absolute Gasteiger partial charge is 0.255 e. The van der Waals surface area contributed by atoms with Gasteiger partial charge in [0.05, 0.1) is 32.7 Å². The van der Waals surface area contributed by atoms with Crippen molar-refractivity contribution in [3.8, 4) is 11.5 Å². The van der Waals surface area contributed by atoms with E-state index in [4.69, 9.17) is 9.47 Å². The third-order valence-electron chi connectivity index (χ3n) is 5.36. The maximum Gasteiger partial charge on any atom is 0.255 e. The van der Waals surface area contributed by atoms with Gasteiger partial charge in [-0.3, -0.25) is 9.10 Å². The second-order valence-corrected chi connectivity index (χ2v) is 9.67. The first-order valence-corrected chi connectivity index (χ1v) is 12.1. The van der Waals surface area contributed by atoms with Crippen molar-refractivity contribution < 1.29 is 22.7 Å². The summed E-state index contributed by atoms with van der Waals surface area (Å²) in [6.07, 6.45) is 1.19. The summed E-state index contributed by atoms with van der Waals surface area (Å²) in [5, 5.41) is 2.83. The van der Waals surface area contributed by atoms with E-state index >= 15 is 0 Å². The van der Waals surface area contributed by atoms with Crippen LogP contribution in [0, 0.1) is 13.8 Å². The fourth-order valence-electron chi connectivity index (χ4n) is 3.33. The zero-order valence-electron chi connectivity index (χ0n) is 19.4. The van der Waals surface area contributed by atoms with Gasteiger partial charge in [0.1, 0.15) is 0 Å². The highest BCUT2D eigenvalue weighted by molar-refractivity contribution is 7.92. The lowest BCUT2D eigenvalue weighted by Gasteiger charge is -2.23. The number of aryl methyl sites for hydroxylation is 2. The number of ether oxygens (including phenoxy) is 2. The van der Waals surface area contributed by atoms with Gasteiger partial charge >= 0.3 is 0 Å². The number of carbonyl (C=O) groups is 1. The number of hydrogen-bond donors (Lipinski definition) is 1. The molecule has 0 aliphatic heterocycles. The van der Waals surface area contributed by atoms with E-state index in [1.807, 2.05) is 26.0 Å². The Morgan fingerprint density at radius 2 is 1.55 bits per heavy atom. The maximum absolute atomic E-state index is 12.7. The second-order valence-electron chi connectivity index (χ2n) is 7.76. The average molecular weight is 469 g/mol. The number of nitrogens with zero attached hydrogens (tertiary/aromatic N) is 1. The van der Waals surface area contributed by atoms with Gasteiger partial charge < -0.3 is 14.8 Å². The van der Waals surface area contributed by atoms with Gasteiger partial charge in [-0.05, 0) is 66.9 Å². The van der Waals surface area contributed by atoms with E-state index in [1.54, 1.807) is 55.6 Å². The van der Waals surface area contributed by atoms with Gasteiger partial charge in [0.25, 0.3) is 5.91 Å². The standard InChI is InChI=1S/C25H28N2O5S/c1-17-6-12-22(14-18(17)2)27(33(5,29)30)16-19-7-9-20(10-8-19)25(28)26-21-11-13-23(31-3)24(15-21)32-4/h6-15H,16H2,1-5H3,(H,26,28). The molecule has 0 unspecified atom stereocenters. The second kappa shape index (κ2) is 9.95. The number of nitrogens with one attached hydrogen (secondary N) is 1. The molecule has 0 atom stereocenters. The zero-order valence-corrected chi connectivity index (χ0v) is 20.2. The molecule has 8 heteroatoms. The van der Waals surface area contributed by atoms with Crippen molar-refractivity contribution in [3.05, 3.63) is 82.9 Å². The molecule has 1 N–H and O–H groups in total. The molecule has 33 heavy (non-hydrogen) atoms. The van der Waals surface area contributed by atoms with Crippen molar-refractivity contribution in [1.29, 1.82) is 0 Å². The maximum atomic E-state index is 12.7. The summed E-state index contributed by atoms with van der Waals surface area (Å²) in [6, 6.07) is 17.5. The van der Waals surface area contributed by atoms with Crippen LogP contribution in [0.4, 0.5) is 11.4 Å². The molecule has 0 bridgehead atoms. The number of carbonyl (C=O) groups excluding carboxylic acids is 1. The molecule has 3 aromatic rings. The Hall–Kier alpha value is -3.52. The van der Waals surface area contributed by atoms with Gasteiger partial charge in [-0.2, -0.15) is 0 Å². The molecule has 174 valence electrons. The van der Waals surface area contributed by atoms with Gasteiger partial charge in [0.2, 0.25) is 10.0 Å². The van der Waals surface area contributed by atoms with E-state index in [1.165, 1.54) is 17.7 Å². The summed E-state index contributed by atoms with van der Waals surface area (Å²) >= 11 is 0. The Balaban J connectivity index is 1.77. The lowest BCUT2D eigenvalue weighted by atomic mass is 10.1. The van der Waals surface area contributed by atoms with Crippen LogP contribution in [0.3, 0.4) is 0 Å². The van der Waals surface area contributed by atoms with E-state index in [9.17, 15) is 13.2 Å². The molecular formula is C25H28N2O5S. The minimum Gasteiger partial charge on any atom is -0.493 e. The van der Waals surface area contributed by atoms with Crippen molar-refractivity contribution in [1.82, 2.24) is 0 Å². The molecule has 3 aromatic carbocycles. The van der Waals surface area contributed by atoms with E-state index in [-0.39, 0.29) is 12.5 Å². The summed E-state index contributed by atoms with van der Waals surface area (Å²) in [5.41, 5.74) is 4.50. The Morgan fingerprint density at radius 3 is 2.12 bits per heavy atom. The van der Waals surface area contributed by atoms with Crippen LogP contribution in [0.1, 0.15) is 27.0 Å². The Labute approximate surface area is 195 Å². The van der Waals surface area contributed by atoms with Crippen LogP contribution in [0.2, 0.25) is 0 Å². The number of hydrogen-bond acceptors (Lipinski definition) is 5. The van der Waals surface area contributed by atoms with Crippen LogP contribution < -0.4 is 19.1 Å². The van der Waals surface area contributed by atoms with E-state index < -0.39 is 10.0 Å². The van der Waals surface area contributed by atoms with Crippen molar-refractivity contribution in [2.75, 3.05) is 30.1 Å². The topological polar surface area (TPSA) is 84.9 Å². The molecule has 0 spiro atoms. The van der Waals surface area contributed by atoms with Crippen molar-refractivity contribution >= 4 is 27.3 Å². The normalized spacial score (nSPS) is 11.1. The molecule has 0 radical (unpaired) electrons. The molecule has 0 fully saturated rings. The molecule has 7 nitrogen and oxygen atoms in total. The molecule has 0 aliphatic rings. The van der Waals surface area contributed by atoms with Crippen LogP contribution in [-0.2, 0) is 16.6 Å². The van der Waals surface area contributed by atoms with Crippen molar-refractivity contribution in [2.24, 2.45) is 0 Å². The Kier molecular flexibility index (Phi) is 7.28. The van der Waals surface area contributed by atoms with Gasteiger partial charge in [-0.1, -0.05) is 18.2 Å². The van der Waals surface area contributed by atoms with E-state index in [0.717, 1.165) is 16.7 Å². The zero-order chi connectivity index (χ0) is 24.2. The number of methoxy groups -OCH3 is 2. The number of sulfonamides is 1. The molecule has 0 aromatic heterocycles. The molecule has 0 aliphatic carbocycles. The minimum absolute atomic E-state index is 0.166. The van der Waals surface area contributed by atoms with Gasteiger partial charge in [0, 0.05) is 17.3 Å². The third-order valence-corrected chi connectivity index (χ3v) is 6.50. The molecule has 1 amide bonds. The average Bonchev–Trinajstić information content (AvgIpc) is 2.79. The monoisotopic (exact) mass is 468 g/mol. The predicted octanol–water partition coefficient (Wildman–Crippen LogP) is 4.54. The largest absolute Gasteiger partial charge is 0.493 e. The van der Waals surface area contributed by atoms with E-state index in [2.05, 4.69) is 5.32 Å². The SMILES string of the molecule is COc1ccc(NC(=O)c2ccc(CN(c3ccc(C)c(C)c3)S(C)(=O)=O)cc2)cc1OC. The number of amides is 1. The van der Waals surface area contributed by atoms with Crippen LogP contribution >= 0.6 is 0 Å². The van der Waals surface area contributed by atoms with Crippen LogP contribution in [0.5, 0.6) is 11.5 Å². The molecular weight excluding hydrogens is 440 g/mol. The Bertz CT molecular complexity index is 1250. The molecule has 0 saturated heterocycles. The molecule has 3 rings (SSSR count). The summed E-state index contributed by atoms with van der Waals surface area (Å²) in [5.74, 6) is 0.791. The minimum atomic E-state index is -3.49. The predicted molar refractivity (Wildman–Crippen MR) is 131 cm³/mol. The highest BCUT2D eigenvalue weighted by Crippen LogP contribution is 2.30. The first-order valence-electron chi connectivity index (χ1n) is 10.3. The highest BCUT2D eigenvalue weighted by Gasteiger charge is 2.19.